The first-order valence-corrected chi connectivity index (χ1v) is 14.8. The number of hydrogen-bond acceptors (Lipinski definition) is 5. The van der Waals surface area contributed by atoms with Gasteiger partial charge in [-0.2, -0.15) is 5.10 Å². The maximum atomic E-state index is 13.9. The number of anilines is 1. The van der Waals surface area contributed by atoms with E-state index in [9.17, 15) is 19.2 Å². The van der Waals surface area contributed by atoms with Gasteiger partial charge in [-0.05, 0) is 91.8 Å². The molecule has 2 fully saturated rings. The normalized spacial score (nSPS) is 21.1. The maximum Gasteiger partial charge on any atom is 0.339 e. The second-order valence-electron chi connectivity index (χ2n) is 11.0. The van der Waals surface area contributed by atoms with Crippen LogP contribution < -0.4 is 4.90 Å². The van der Waals surface area contributed by atoms with Gasteiger partial charge in [-0.25, -0.2) is 19.6 Å². The van der Waals surface area contributed by atoms with Crippen molar-refractivity contribution in [1.82, 2.24) is 9.91 Å². The highest BCUT2D eigenvalue weighted by Gasteiger charge is 2.49. The van der Waals surface area contributed by atoms with E-state index >= 15 is 0 Å². The molecule has 10 heteroatoms. The predicted octanol–water partition coefficient (Wildman–Crippen LogP) is 6.73. The predicted molar refractivity (Wildman–Crippen MR) is 166 cm³/mol. The zero-order chi connectivity index (χ0) is 30.4. The van der Waals surface area contributed by atoms with Crippen molar-refractivity contribution in [3.63, 3.8) is 0 Å². The Morgan fingerprint density at radius 3 is 2.28 bits per heavy atom. The molecule has 5 amide bonds. The number of allylic oxidation sites excluding steroid dienone is 1. The Kier molecular flexibility index (Phi) is 7.66. The molecule has 218 valence electrons. The summed E-state index contributed by atoms with van der Waals surface area (Å²) >= 11 is 12.3. The lowest BCUT2D eigenvalue weighted by Crippen LogP contribution is -2.42. The second-order valence-corrected chi connectivity index (χ2v) is 11.9. The molecule has 0 aromatic heterocycles. The molecule has 0 N–H and O–H groups in total. The molecule has 1 saturated carbocycles. The fourth-order valence-electron chi connectivity index (χ4n) is 6.08. The fourth-order valence-corrected chi connectivity index (χ4v) is 6.33. The van der Waals surface area contributed by atoms with Crippen LogP contribution in [0, 0.1) is 19.8 Å². The summed E-state index contributed by atoms with van der Waals surface area (Å²) in [6, 6.07) is 18.6. The molecule has 2 unspecified atom stereocenters. The van der Waals surface area contributed by atoms with Crippen LogP contribution in [0.25, 0.3) is 6.08 Å². The smallest absolute Gasteiger partial charge is 0.271 e. The molecule has 2 heterocycles. The average molecular weight is 616 g/mol. The van der Waals surface area contributed by atoms with E-state index < -0.39 is 36.3 Å². The monoisotopic (exact) mass is 614 g/mol. The number of nitrogens with zero attached hydrogens (tertiary/aromatic N) is 4. The van der Waals surface area contributed by atoms with Gasteiger partial charge in [0.25, 0.3) is 5.91 Å². The van der Waals surface area contributed by atoms with Gasteiger partial charge < -0.3 is 0 Å². The van der Waals surface area contributed by atoms with Crippen LogP contribution in [0.2, 0.25) is 10.0 Å². The van der Waals surface area contributed by atoms with Crippen molar-refractivity contribution in [2.45, 2.75) is 39.2 Å². The van der Waals surface area contributed by atoms with Gasteiger partial charge in [-0.15, -0.1) is 0 Å². The summed E-state index contributed by atoms with van der Waals surface area (Å²) in [5.41, 5.74) is 5.54. The number of benzene rings is 3. The first-order chi connectivity index (χ1) is 20.6. The average Bonchev–Trinajstić information content (AvgIpc) is 3.47. The van der Waals surface area contributed by atoms with E-state index in [-0.39, 0.29) is 5.92 Å². The van der Waals surface area contributed by atoms with Crippen LogP contribution >= 0.6 is 23.2 Å². The van der Waals surface area contributed by atoms with Gasteiger partial charge in [0, 0.05) is 16.0 Å². The summed E-state index contributed by atoms with van der Waals surface area (Å²) in [4.78, 5) is 54.9. The molecule has 3 aromatic rings. The SMILES string of the molecule is Cc1ccc(N2C(=O)C(=O)N(CC(=O)N3N=C4/C(=C\c5ccc(Cl)cc5)CCCC4C3c3ccc(Cl)cc3)C2=O)c(C)c1. The number of urea groups is 1. The molecule has 0 radical (unpaired) electrons. The number of fused-ring (bicyclic) bond motifs is 1. The van der Waals surface area contributed by atoms with Crippen LogP contribution in [0.5, 0.6) is 0 Å². The van der Waals surface area contributed by atoms with Gasteiger partial charge in [0.15, 0.2) is 0 Å². The lowest BCUT2D eigenvalue weighted by molar-refractivity contribution is -0.143. The number of carbonyl (C=O) groups is 4. The molecule has 2 atom stereocenters. The molecular weight excluding hydrogens is 587 g/mol. The fraction of sp³-hybridized carbons (Fsp3) is 0.242. The lowest BCUT2D eigenvalue weighted by Gasteiger charge is -2.30. The van der Waals surface area contributed by atoms with Crippen molar-refractivity contribution >= 4 is 64.4 Å². The third kappa shape index (κ3) is 5.37. The summed E-state index contributed by atoms with van der Waals surface area (Å²) in [5.74, 6) is -2.71. The first kappa shape index (κ1) is 28.8. The van der Waals surface area contributed by atoms with Gasteiger partial charge in [-0.1, -0.05) is 65.2 Å². The van der Waals surface area contributed by atoms with Crippen LogP contribution in [0.15, 0.2) is 77.4 Å². The molecule has 3 aliphatic rings. The van der Waals surface area contributed by atoms with Crippen molar-refractivity contribution in [3.05, 3.63) is 105 Å². The highest BCUT2D eigenvalue weighted by molar-refractivity contribution is 6.53. The van der Waals surface area contributed by atoms with Crippen LogP contribution in [-0.2, 0) is 14.4 Å². The van der Waals surface area contributed by atoms with Crippen molar-refractivity contribution in [2.24, 2.45) is 11.0 Å². The van der Waals surface area contributed by atoms with Crippen LogP contribution in [0.1, 0.15) is 47.6 Å². The van der Waals surface area contributed by atoms with E-state index in [1.807, 2.05) is 49.4 Å². The van der Waals surface area contributed by atoms with E-state index in [1.165, 1.54) is 5.01 Å². The minimum atomic E-state index is -1.05. The van der Waals surface area contributed by atoms with E-state index in [4.69, 9.17) is 28.3 Å². The Morgan fingerprint density at radius 2 is 1.60 bits per heavy atom. The Labute approximate surface area is 259 Å². The van der Waals surface area contributed by atoms with Crippen molar-refractivity contribution in [1.29, 1.82) is 0 Å². The van der Waals surface area contributed by atoms with Gasteiger partial charge in [0.05, 0.1) is 17.4 Å². The topological polar surface area (TPSA) is 90.4 Å². The standard InChI is InChI=1S/C33H28Cl2N4O4/c1-19-6-15-27(20(2)16-19)38-32(42)31(41)37(33(38)43)18-28(40)39-30(22-9-13-25(35)14-10-22)26-5-3-4-23(29(26)36-39)17-21-7-11-24(34)12-8-21/h6-17,26,30H,3-5,18H2,1-2H3/b23-17-. The summed E-state index contributed by atoms with van der Waals surface area (Å²) in [7, 11) is 0. The Balaban J connectivity index is 1.33. The molecule has 6 rings (SSSR count). The summed E-state index contributed by atoms with van der Waals surface area (Å²) in [6.45, 7) is 3.03. The number of carbonyl (C=O) groups excluding carboxylic acids is 4. The number of aryl methyl sites for hydroxylation is 2. The number of amides is 5. The summed E-state index contributed by atoms with van der Waals surface area (Å²) < 4.78 is 0. The van der Waals surface area contributed by atoms with Gasteiger partial charge in [0.1, 0.15) is 6.54 Å². The maximum absolute atomic E-state index is 13.9. The number of halogens is 2. The van der Waals surface area contributed by atoms with Gasteiger partial charge >= 0.3 is 17.8 Å². The zero-order valence-corrected chi connectivity index (χ0v) is 25.1. The highest BCUT2D eigenvalue weighted by Crippen LogP contribution is 2.44. The quantitative estimate of drug-likeness (QED) is 0.235. The molecule has 0 spiro atoms. The van der Waals surface area contributed by atoms with E-state index in [1.54, 1.807) is 31.2 Å². The minimum absolute atomic E-state index is 0.101. The van der Waals surface area contributed by atoms with Crippen molar-refractivity contribution in [3.8, 4) is 0 Å². The Hall–Kier alpha value is -4.27. The van der Waals surface area contributed by atoms with Crippen molar-refractivity contribution < 1.29 is 19.2 Å². The number of hydrazone groups is 1. The molecule has 1 saturated heterocycles. The van der Waals surface area contributed by atoms with Crippen LogP contribution in [0.3, 0.4) is 0 Å². The largest absolute Gasteiger partial charge is 0.339 e. The third-order valence-electron chi connectivity index (χ3n) is 8.12. The summed E-state index contributed by atoms with van der Waals surface area (Å²) in [5, 5.41) is 7.39. The molecule has 3 aromatic carbocycles. The zero-order valence-electron chi connectivity index (χ0n) is 23.6. The van der Waals surface area contributed by atoms with E-state index in [0.717, 1.165) is 52.1 Å². The van der Waals surface area contributed by atoms with Crippen molar-refractivity contribution in [2.75, 3.05) is 11.4 Å². The van der Waals surface area contributed by atoms with E-state index in [2.05, 4.69) is 6.08 Å². The van der Waals surface area contributed by atoms with E-state index in [0.29, 0.717) is 26.2 Å². The minimum Gasteiger partial charge on any atom is -0.271 e. The molecule has 0 bridgehead atoms. The first-order valence-electron chi connectivity index (χ1n) is 14.0. The highest BCUT2D eigenvalue weighted by atomic mass is 35.5. The second kappa shape index (κ2) is 11.4. The Bertz CT molecular complexity index is 1720. The molecule has 1 aliphatic carbocycles. The molecular formula is C33H28Cl2N4O4. The molecule has 2 aliphatic heterocycles. The molecule has 8 nitrogen and oxygen atoms in total. The number of hydrogen-bond donors (Lipinski definition) is 0. The molecule has 43 heavy (non-hydrogen) atoms. The van der Waals surface area contributed by atoms with Gasteiger partial charge in [-0.3, -0.25) is 14.4 Å². The van der Waals surface area contributed by atoms with Crippen LogP contribution in [0.4, 0.5) is 10.5 Å². The Morgan fingerprint density at radius 1 is 0.930 bits per heavy atom. The number of rotatable bonds is 5. The third-order valence-corrected chi connectivity index (χ3v) is 8.62. The van der Waals surface area contributed by atoms with Gasteiger partial charge in [0.2, 0.25) is 0 Å². The van der Waals surface area contributed by atoms with Crippen LogP contribution in [-0.4, -0.2) is 45.9 Å². The number of imide groups is 2. The summed E-state index contributed by atoms with van der Waals surface area (Å²) in [6.07, 6.45) is 4.55. The lowest BCUT2D eigenvalue weighted by atomic mass is 9.77.